The molecule has 0 aliphatic carbocycles. The fourth-order valence-corrected chi connectivity index (χ4v) is 3.38. The molecule has 1 heterocycles. The molecular formula is C18H20BrNO5S. The zero-order valence-electron chi connectivity index (χ0n) is 14.8. The van der Waals surface area contributed by atoms with Crippen LogP contribution in [-0.4, -0.2) is 41.3 Å². The molecule has 0 bridgehead atoms. The van der Waals surface area contributed by atoms with Crippen LogP contribution in [0.2, 0.25) is 0 Å². The highest BCUT2D eigenvalue weighted by atomic mass is 79.9. The Labute approximate surface area is 165 Å². The van der Waals surface area contributed by atoms with Gasteiger partial charge in [-0.15, -0.1) is 0 Å². The topological polar surface area (TPSA) is 72.9 Å². The van der Waals surface area contributed by atoms with Crippen LogP contribution in [0.15, 0.2) is 27.6 Å². The summed E-state index contributed by atoms with van der Waals surface area (Å²) in [5.41, 5.74) is 0.675. The summed E-state index contributed by atoms with van der Waals surface area (Å²) >= 11 is 4.18. The molecule has 0 spiro atoms. The minimum atomic E-state index is -0.597. The van der Waals surface area contributed by atoms with Gasteiger partial charge in [0.25, 0.3) is 11.1 Å². The number of hydrogen-bond donors (Lipinski definition) is 0. The van der Waals surface area contributed by atoms with Crippen LogP contribution in [0.1, 0.15) is 32.8 Å². The molecule has 1 aromatic carbocycles. The molecule has 0 aromatic heterocycles. The van der Waals surface area contributed by atoms with Crippen LogP contribution in [-0.2, 0) is 14.3 Å². The number of benzene rings is 1. The van der Waals surface area contributed by atoms with E-state index >= 15 is 0 Å². The third kappa shape index (κ3) is 5.11. The molecule has 0 N–H and O–H groups in total. The predicted molar refractivity (Wildman–Crippen MR) is 104 cm³/mol. The highest BCUT2D eigenvalue weighted by Crippen LogP contribution is 2.34. The number of esters is 1. The van der Waals surface area contributed by atoms with E-state index in [9.17, 15) is 14.4 Å². The quantitative estimate of drug-likeness (QED) is 0.465. The zero-order valence-corrected chi connectivity index (χ0v) is 17.2. The molecular weight excluding hydrogens is 422 g/mol. The smallest absolute Gasteiger partial charge is 0.326 e. The number of nitrogens with zero attached hydrogens (tertiary/aromatic N) is 1. The lowest BCUT2D eigenvalue weighted by Gasteiger charge is -2.14. The van der Waals surface area contributed by atoms with Crippen LogP contribution in [0.3, 0.4) is 0 Å². The fourth-order valence-electron chi connectivity index (χ4n) is 2.17. The number of rotatable bonds is 7. The monoisotopic (exact) mass is 441 g/mol. The number of carbonyl (C=O) groups is 3. The first-order valence-corrected chi connectivity index (χ1v) is 9.83. The third-order valence-electron chi connectivity index (χ3n) is 3.63. The van der Waals surface area contributed by atoms with E-state index in [1.165, 1.54) is 0 Å². The van der Waals surface area contributed by atoms with Gasteiger partial charge in [0.15, 0.2) is 0 Å². The average Bonchev–Trinajstić information content (AvgIpc) is 2.84. The summed E-state index contributed by atoms with van der Waals surface area (Å²) in [6.07, 6.45) is 2.01. The maximum absolute atomic E-state index is 12.5. The van der Waals surface area contributed by atoms with E-state index in [1.54, 1.807) is 25.1 Å². The van der Waals surface area contributed by atoms with Gasteiger partial charge in [0.1, 0.15) is 12.3 Å². The van der Waals surface area contributed by atoms with Gasteiger partial charge in [-0.2, -0.15) is 0 Å². The van der Waals surface area contributed by atoms with Crippen molar-refractivity contribution >= 4 is 50.9 Å². The first-order chi connectivity index (χ1) is 12.3. The zero-order chi connectivity index (χ0) is 19.3. The van der Waals surface area contributed by atoms with E-state index in [4.69, 9.17) is 9.47 Å². The molecule has 140 valence electrons. The van der Waals surface area contributed by atoms with Crippen LogP contribution < -0.4 is 4.74 Å². The standard InChI is InChI=1S/C18H20BrNO5S/c1-4-11(3)25-16(21)10-20-17(22)15(26-18(20)23)9-12-8-13(19)6-7-14(12)24-5-2/h6-9,11H,4-5,10H2,1-3H3/b15-9+/t11-/m0/s1. The van der Waals surface area contributed by atoms with Crippen molar-refractivity contribution in [2.24, 2.45) is 0 Å². The molecule has 1 fully saturated rings. The van der Waals surface area contributed by atoms with E-state index in [-0.39, 0.29) is 17.6 Å². The van der Waals surface area contributed by atoms with E-state index < -0.39 is 17.1 Å². The van der Waals surface area contributed by atoms with Gasteiger partial charge in [0.05, 0.1) is 17.6 Å². The summed E-state index contributed by atoms with van der Waals surface area (Å²) < 4.78 is 11.5. The number of halogens is 1. The minimum absolute atomic E-state index is 0.241. The van der Waals surface area contributed by atoms with Gasteiger partial charge in [-0.25, -0.2) is 0 Å². The Balaban J connectivity index is 2.19. The summed E-state index contributed by atoms with van der Waals surface area (Å²) in [7, 11) is 0. The number of carbonyl (C=O) groups excluding carboxylic acids is 3. The lowest BCUT2D eigenvalue weighted by Crippen LogP contribution is -2.35. The summed E-state index contributed by atoms with van der Waals surface area (Å²) in [6, 6.07) is 5.42. The highest BCUT2D eigenvalue weighted by Gasteiger charge is 2.37. The molecule has 1 aromatic rings. The third-order valence-corrected chi connectivity index (χ3v) is 5.03. The van der Waals surface area contributed by atoms with Crippen molar-refractivity contribution < 1.29 is 23.9 Å². The molecule has 2 amide bonds. The Morgan fingerprint density at radius 3 is 2.73 bits per heavy atom. The molecule has 1 atom stereocenters. The Hall–Kier alpha value is -1.80. The normalized spacial score (nSPS) is 16.9. The molecule has 1 aliphatic rings. The number of hydrogen-bond acceptors (Lipinski definition) is 6. The molecule has 0 unspecified atom stereocenters. The van der Waals surface area contributed by atoms with Gasteiger partial charge in [-0.05, 0) is 56.3 Å². The van der Waals surface area contributed by atoms with Gasteiger partial charge in [-0.3, -0.25) is 19.3 Å². The van der Waals surface area contributed by atoms with E-state index in [0.29, 0.717) is 24.3 Å². The maximum atomic E-state index is 12.5. The van der Waals surface area contributed by atoms with Crippen LogP contribution >= 0.6 is 27.7 Å². The highest BCUT2D eigenvalue weighted by molar-refractivity contribution is 9.10. The molecule has 26 heavy (non-hydrogen) atoms. The van der Waals surface area contributed by atoms with Gasteiger partial charge in [0, 0.05) is 10.0 Å². The van der Waals surface area contributed by atoms with Crippen molar-refractivity contribution in [2.45, 2.75) is 33.3 Å². The van der Waals surface area contributed by atoms with Crippen LogP contribution in [0.5, 0.6) is 5.75 Å². The summed E-state index contributed by atoms with van der Waals surface area (Å²) in [5, 5.41) is -0.490. The second-order valence-corrected chi connectivity index (χ2v) is 7.50. The van der Waals surface area contributed by atoms with Gasteiger partial charge < -0.3 is 9.47 Å². The van der Waals surface area contributed by atoms with Crippen LogP contribution in [0.4, 0.5) is 4.79 Å². The second kappa shape index (κ2) is 9.23. The van der Waals surface area contributed by atoms with Crippen molar-refractivity contribution in [3.05, 3.63) is 33.1 Å². The minimum Gasteiger partial charge on any atom is -0.493 e. The maximum Gasteiger partial charge on any atom is 0.326 e. The summed E-state index contributed by atoms with van der Waals surface area (Å²) in [4.78, 5) is 37.7. The Kier molecular flexibility index (Phi) is 7.28. The summed E-state index contributed by atoms with van der Waals surface area (Å²) in [6.45, 7) is 5.60. The van der Waals surface area contributed by atoms with Gasteiger partial charge in [0.2, 0.25) is 0 Å². The van der Waals surface area contributed by atoms with Gasteiger partial charge >= 0.3 is 5.97 Å². The first-order valence-electron chi connectivity index (χ1n) is 8.22. The van der Waals surface area contributed by atoms with Gasteiger partial charge in [-0.1, -0.05) is 22.9 Å². The molecule has 0 saturated carbocycles. The van der Waals surface area contributed by atoms with Crippen molar-refractivity contribution in [3.8, 4) is 5.75 Å². The number of thioether (sulfide) groups is 1. The molecule has 2 rings (SSSR count). The Morgan fingerprint density at radius 2 is 2.08 bits per heavy atom. The first kappa shape index (κ1) is 20.5. The average molecular weight is 442 g/mol. The number of amides is 2. The van der Waals surface area contributed by atoms with Crippen molar-refractivity contribution in [2.75, 3.05) is 13.2 Å². The second-order valence-electron chi connectivity index (χ2n) is 5.59. The number of imide groups is 1. The summed E-state index contributed by atoms with van der Waals surface area (Å²) in [5.74, 6) is -0.498. The van der Waals surface area contributed by atoms with Crippen LogP contribution in [0, 0.1) is 0 Å². The van der Waals surface area contributed by atoms with Crippen molar-refractivity contribution in [1.29, 1.82) is 0 Å². The Morgan fingerprint density at radius 1 is 1.35 bits per heavy atom. The predicted octanol–water partition coefficient (Wildman–Crippen LogP) is 4.23. The lowest BCUT2D eigenvalue weighted by molar-refractivity contribution is -0.150. The molecule has 6 nitrogen and oxygen atoms in total. The number of ether oxygens (including phenoxy) is 2. The molecule has 1 saturated heterocycles. The molecule has 8 heteroatoms. The van der Waals surface area contributed by atoms with E-state index in [2.05, 4.69) is 15.9 Å². The molecule has 1 aliphatic heterocycles. The Bertz CT molecular complexity index is 749. The van der Waals surface area contributed by atoms with E-state index in [0.717, 1.165) is 21.1 Å². The lowest BCUT2D eigenvalue weighted by atomic mass is 10.2. The van der Waals surface area contributed by atoms with Crippen molar-refractivity contribution in [3.63, 3.8) is 0 Å². The van der Waals surface area contributed by atoms with E-state index in [1.807, 2.05) is 19.9 Å². The largest absolute Gasteiger partial charge is 0.493 e. The molecule has 0 radical (unpaired) electrons. The van der Waals surface area contributed by atoms with Crippen LogP contribution in [0.25, 0.3) is 6.08 Å². The van der Waals surface area contributed by atoms with Crippen molar-refractivity contribution in [1.82, 2.24) is 4.90 Å². The fraction of sp³-hybridized carbons (Fsp3) is 0.389. The SMILES string of the molecule is CCOc1ccc(Br)cc1/C=C1/SC(=O)N(CC(=O)O[C@@H](C)CC)C1=O.